The minimum Gasteiger partial charge on any atom is -0.396 e. The standard InChI is InChI=1S/C13H17BrFNO2/c1-16(7-3-2-4-8-17)13(18)11-9-10(14)5-6-12(11)15/h5-6,9,17H,2-4,7-8H2,1H3. The molecule has 1 N–H and O–H groups in total. The maximum atomic E-state index is 13.5. The Bertz CT molecular complexity index is 412. The number of carbonyl (C=O) groups is 1. The van der Waals surface area contributed by atoms with E-state index in [1.165, 1.54) is 17.0 Å². The summed E-state index contributed by atoms with van der Waals surface area (Å²) < 4.78 is 14.2. The van der Waals surface area contributed by atoms with Gasteiger partial charge in [0.05, 0.1) is 5.56 Å². The van der Waals surface area contributed by atoms with Crippen LogP contribution in [0.15, 0.2) is 22.7 Å². The molecule has 1 aromatic carbocycles. The summed E-state index contributed by atoms with van der Waals surface area (Å²) in [6.45, 7) is 0.725. The summed E-state index contributed by atoms with van der Waals surface area (Å²) in [7, 11) is 1.65. The van der Waals surface area contributed by atoms with E-state index in [-0.39, 0.29) is 18.1 Å². The maximum Gasteiger partial charge on any atom is 0.256 e. The molecule has 0 unspecified atom stereocenters. The van der Waals surface area contributed by atoms with Crippen LogP contribution in [0.3, 0.4) is 0 Å². The zero-order valence-corrected chi connectivity index (χ0v) is 11.9. The second-order valence-electron chi connectivity index (χ2n) is 4.14. The molecule has 0 aromatic heterocycles. The Morgan fingerprint density at radius 3 is 2.78 bits per heavy atom. The lowest BCUT2D eigenvalue weighted by Crippen LogP contribution is -2.28. The van der Waals surface area contributed by atoms with Crippen molar-refractivity contribution in [3.8, 4) is 0 Å². The summed E-state index contributed by atoms with van der Waals surface area (Å²) in [5, 5.41) is 8.65. The molecule has 1 aromatic rings. The highest BCUT2D eigenvalue weighted by Crippen LogP contribution is 2.17. The van der Waals surface area contributed by atoms with E-state index in [0.717, 1.165) is 19.3 Å². The van der Waals surface area contributed by atoms with Crippen LogP contribution in [0.2, 0.25) is 0 Å². The fourth-order valence-corrected chi connectivity index (χ4v) is 1.97. The second kappa shape index (κ2) is 7.48. The largest absolute Gasteiger partial charge is 0.396 e. The molecule has 0 saturated heterocycles. The first-order valence-corrected chi connectivity index (χ1v) is 6.67. The van der Waals surface area contributed by atoms with E-state index in [1.807, 2.05) is 0 Å². The molecule has 0 spiro atoms. The topological polar surface area (TPSA) is 40.5 Å². The summed E-state index contributed by atoms with van der Waals surface area (Å²) >= 11 is 3.22. The van der Waals surface area contributed by atoms with Crippen LogP contribution in [0.5, 0.6) is 0 Å². The number of benzene rings is 1. The van der Waals surface area contributed by atoms with Crippen molar-refractivity contribution in [3.63, 3.8) is 0 Å². The van der Waals surface area contributed by atoms with Crippen LogP contribution in [-0.2, 0) is 0 Å². The van der Waals surface area contributed by atoms with Crippen LogP contribution < -0.4 is 0 Å². The van der Waals surface area contributed by atoms with Crippen molar-refractivity contribution in [1.82, 2.24) is 4.90 Å². The predicted molar refractivity (Wildman–Crippen MR) is 72.0 cm³/mol. The van der Waals surface area contributed by atoms with Gasteiger partial charge in [-0.15, -0.1) is 0 Å². The van der Waals surface area contributed by atoms with E-state index in [4.69, 9.17) is 5.11 Å². The number of hydrogen-bond donors (Lipinski definition) is 1. The molecular formula is C13H17BrFNO2. The first-order chi connectivity index (χ1) is 8.56. The predicted octanol–water partition coefficient (Wildman–Crippen LogP) is 2.82. The van der Waals surface area contributed by atoms with E-state index in [0.29, 0.717) is 11.0 Å². The van der Waals surface area contributed by atoms with Crippen molar-refractivity contribution in [1.29, 1.82) is 0 Å². The molecule has 18 heavy (non-hydrogen) atoms. The van der Waals surface area contributed by atoms with Gasteiger partial charge in [0, 0.05) is 24.7 Å². The summed E-state index contributed by atoms with van der Waals surface area (Å²) in [5.74, 6) is -0.830. The molecule has 5 heteroatoms. The maximum absolute atomic E-state index is 13.5. The van der Waals surface area contributed by atoms with E-state index < -0.39 is 5.82 Å². The summed E-state index contributed by atoms with van der Waals surface area (Å²) in [4.78, 5) is 13.5. The van der Waals surface area contributed by atoms with E-state index in [1.54, 1.807) is 13.1 Å². The number of aliphatic hydroxyl groups excluding tert-OH is 1. The number of unbranched alkanes of at least 4 members (excludes halogenated alkanes) is 2. The lowest BCUT2D eigenvalue weighted by Gasteiger charge is -2.17. The molecule has 0 radical (unpaired) electrons. The quantitative estimate of drug-likeness (QED) is 0.820. The number of hydrogen-bond acceptors (Lipinski definition) is 2. The molecule has 0 fully saturated rings. The van der Waals surface area contributed by atoms with E-state index in [9.17, 15) is 9.18 Å². The number of carbonyl (C=O) groups excluding carboxylic acids is 1. The zero-order chi connectivity index (χ0) is 13.5. The van der Waals surface area contributed by atoms with Crippen molar-refractivity contribution in [2.24, 2.45) is 0 Å². The average Bonchev–Trinajstić information content (AvgIpc) is 2.36. The van der Waals surface area contributed by atoms with Crippen molar-refractivity contribution < 1.29 is 14.3 Å². The van der Waals surface area contributed by atoms with Crippen LogP contribution >= 0.6 is 15.9 Å². The van der Waals surface area contributed by atoms with E-state index >= 15 is 0 Å². The van der Waals surface area contributed by atoms with Gasteiger partial charge >= 0.3 is 0 Å². The first-order valence-electron chi connectivity index (χ1n) is 5.87. The van der Waals surface area contributed by atoms with Gasteiger partial charge in [-0.2, -0.15) is 0 Å². The molecule has 0 aliphatic carbocycles. The fraction of sp³-hybridized carbons (Fsp3) is 0.462. The third kappa shape index (κ3) is 4.38. The number of nitrogens with zero attached hydrogens (tertiary/aromatic N) is 1. The Morgan fingerprint density at radius 1 is 1.39 bits per heavy atom. The number of rotatable bonds is 6. The van der Waals surface area contributed by atoms with Gasteiger partial charge < -0.3 is 10.0 Å². The first kappa shape index (κ1) is 15.1. The van der Waals surface area contributed by atoms with Crippen molar-refractivity contribution >= 4 is 21.8 Å². The van der Waals surface area contributed by atoms with Crippen LogP contribution in [0.1, 0.15) is 29.6 Å². The molecule has 0 heterocycles. The minimum atomic E-state index is -0.509. The zero-order valence-electron chi connectivity index (χ0n) is 10.3. The second-order valence-corrected chi connectivity index (χ2v) is 5.05. The SMILES string of the molecule is CN(CCCCCO)C(=O)c1cc(Br)ccc1F. The number of halogens is 2. The highest BCUT2D eigenvalue weighted by molar-refractivity contribution is 9.10. The molecule has 0 bridgehead atoms. The average molecular weight is 318 g/mol. The summed E-state index contributed by atoms with van der Waals surface area (Å²) in [6.07, 6.45) is 2.39. The monoisotopic (exact) mass is 317 g/mol. The minimum absolute atomic E-state index is 0.0778. The molecule has 1 rings (SSSR count). The highest BCUT2D eigenvalue weighted by atomic mass is 79.9. The lowest BCUT2D eigenvalue weighted by molar-refractivity contribution is 0.0787. The smallest absolute Gasteiger partial charge is 0.256 e. The van der Waals surface area contributed by atoms with Crippen molar-refractivity contribution in [2.45, 2.75) is 19.3 Å². The Hall–Kier alpha value is -0.940. The van der Waals surface area contributed by atoms with Gasteiger partial charge in [-0.1, -0.05) is 15.9 Å². The Morgan fingerprint density at radius 2 is 2.11 bits per heavy atom. The van der Waals surface area contributed by atoms with Crippen LogP contribution in [0.25, 0.3) is 0 Å². The summed E-state index contributed by atoms with van der Waals surface area (Å²) in [5.41, 5.74) is 0.0778. The van der Waals surface area contributed by atoms with Gasteiger partial charge in [-0.05, 0) is 37.5 Å². The molecule has 0 saturated carbocycles. The molecule has 0 aliphatic heterocycles. The fourth-order valence-electron chi connectivity index (χ4n) is 1.61. The number of amides is 1. The number of aliphatic hydroxyl groups is 1. The van der Waals surface area contributed by atoms with Gasteiger partial charge in [-0.25, -0.2) is 4.39 Å². The van der Waals surface area contributed by atoms with Crippen molar-refractivity contribution in [2.75, 3.05) is 20.2 Å². The van der Waals surface area contributed by atoms with Gasteiger partial charge in [-0.3, -0.25) is 4.79 Å². The van der Waals surface area contributed by atoms with Gasteiger partial charge in [0.1, 0.15) is 5.82 Å². The molecule has 0 atom stereocenters. The van der Waals surface area contributed by atoms with Gasteiger partial charge in [0.2, 0.25) is 0 Å². The lowest BCUT2D eigenvalue weighted by atomic mass is 10.1. The molecule has 0 aliphatic rings. The highest BCUT2D eigenvalue weighted by Gasteiger charge is 2.16. The van der Waals surface area contributed by atoms with Crippen LogP contribution in [0, 0.1) is 5.82 Å². The molecule has 100 valence electrons. The van der Waals surface area contributed by atoms with Crippen molar-refractivity contribution in [3.05, 3.63) is 34.1 Å². The Labute approximate surface area is 115 Å². The molecule has 1 amide bonds. The molecular weight excluding hydrogens is 301 g/mol. The Kier molecular flexibility index (Phi) is 6.29. The third-order valence-corrected chi connectivity index (χ3v) is 3.15. The van der Waals surface area contributed by atoms with Gasteiger partial charge in [0.15, 0.2) is 0 Å². The normalized spacial score (nSPS) is 10.4. The molecule has 3 nitrogen and oxygen atoms in total. The third-order valence-electron chi connectivity index (χ3n) is 2.66. The van der Waals surface area contributed by atoms with Gasteiger partial charge in [0.25, 0.3) is 5.91 Å². The van der Waals surface area contributed by atoms with Crippen LogP contribution in [0.4, 0.5) is 4.39 Å². The Balaban J connectivity index is 2.60. The summed E-state index contributed by atoms with van der Waals surface area (Å²) in [6, 6.07) is 4.33. The van der Waals surface area contributed by atoms with Crippen LogP contribution in [-0.4, -0.2) is 36.1 Å². The van der Waals surface area contributed by atoms with E-state index in [2.05, 4.69) is 15.9 Å².